The number of unbranched alkanes of at least 4 members (excludes halogenated alkanes) is 5. The fourth-order valence-corrected chi connectivity index (χ4v) is 3.06. The highest BCUT2D eigenvalue weighted by atomic mass is 32.5. The fraction of sp³-hybridized carbons (Fsp3) is 0.824. The molecule has 0 aliphatic heterocycles. The van der Waals surface area contributed by atoms with Crippen LogP contribution in [0, 0.1) is 0 Å². The van der Waals surface area contributed by atoms with Crippen molar-refractivity contribution in [2.45, 2.75) is 69.4 Å². The second-order valence-electron chi connectivity index (χ2n) is 7.28. The highest BCUT2D eigenvalue weighted by Gasteiger charge is 2.60. The van der Waals surface area contributed by atoms with Gasteiger partial charge in [-0.3, -0.25) is 4.79 Å². The molecule has 0 spiro atoms. The van der Waals surface area contributed by atoms with Gasteiger partial charge in [-0.05, 0) is 19.3 Å². The van der Waals surface area contributed by atoms with Crippen LogP contribution in [0.1, 0.15) is 44.9 Å². The highest BCUT2D eigenvalue weighted by molar-refractivity contribution is 8.48. The number of aliphatic hydroxyl groups is 5. The van der Waals surface area contributed by atoms with E-state index in [1.54, 1.807) is 0 Å². The fourth-order valence-electron chi connectivity index (χ4n) is 2.56. The molecule has 0 aliphatic rings. The molecule has 0 saturated carbocycles. The van der Waals surface area contributed by atoms with Gasteiger partial charge in [0.15, 0.2) is 0 Å². The van der Waals surface area contributed by atoms with Crippen LogP contribution in [0.25, 0.3) is 0 Å². The van der Waals surface area contributed by atoms with Crippen molar-refractivity contribution < 1.29 is 49.8 Å². The second kappa shape index (κ2) is 11.0. The first-order chi connectivity index (χ1) is 13.5. The molecule has 0 radical (unpaired) electrons. The van der Waals surface area contributed by atoms with Gasteiger partial charge >= 0.3 is 10.2 Å². The summed E-state index contributed by atoms with van der Waals surface area (Å²) in [4.78, 5) is 13.1. The van der Waals surface area contributed by atoms with Crippen LogP contribution < -0.4 is 0 Å². The molecule has 0 bridgehead atoms. The first kappa shape index (κ1) is 29.0. The molecule has 1 amide bonds. The Kier molecular flexibility index (Phi) is 10.7. The van der Waals surface area contributed by atoms with Crippen molar-refractivity contribution in [2.75, 3.05) is 20.2 Å². The summed E-state index contributed by atoms with van der Waals surface area (Å²) in [5, 5.41) is 46.1. The average molecular weight is 474 g/mol. The smallest absolute Gasteiger partial charge is 0.304 e. The number of likely N-dealkylation sites (N-methyl/N-ethyl adjacent to an activating group) is 1. The van der Waals surface area contributed by atoms with Crippen molar-refractivity contribution in [3.63, 3.8) is 0 Å². The summed E-state index contributed by atoms with van der Waals surface area (Å²) in [6.07, 6.45) is -3.82. The van der Waals surface area contributed by atoms with Crippen molar-refractivity contribution in [1.82, 2.24) is 4.90 Å². The Morgan fingerprint density at radius 3 is 1.93 bits per heavy atom. The predicted molar refractivity (Wildman–Crippen MR) is 103 cm³/mol. The molecule has 0 saturated heterocycles. The molecule has 0 rings (SSSR count). The van der Waals surface area contributed by atoms with E-state index in [0.29, 0.717) is 38.2 Å². The van der Waals surface area contributed by atoms with E-state index in [1.807, 2.05) is 0 Å². The second-order valence-corrected chi connectivity index (χ2v) is 9.61. The number of aliphatic hydroxyl groups excluding tert-OH is 5. The van der Waals surface area contributed by atoms with Gasteiger partial charge in [-0.25, -0.2) is 0 Å². The lowest BCUT2D eigenvalue weighted by atomic mass is 10.0. The monoisotopic (exact) mass is 473 g/mol. The van der Waals surface area contributed by atoms with E-state index in [9.17, 15) is 44.6 Å². The number of carbonyl (C=O) groups is 1. The van der Waals surface area contributed by atoms with Crippen LogP contribution in [0.15, 0.2) is 11.5 Å². The molecular weight excluding hydrogens is 441 g/mol. The number of allylic oxidation sites excluding steroid dienone is 1. The number of carbonyl (C=O) groups excluding carboxylic acids is 1. The van der Waals surface area contributed by atoms with E-state index in [4.69, 9.17) is 5.11 Å². The Labute approximate surface area is 172 Å². The Balaban J connectivity index is 4.03. The van der Waals surface area contributed by atoms with E-state index >= 15 is 0 Å². The molecule has 0 aromatic rings. The lowest BCUT2D eigenvalue weighted by molar-refractivity contribution is -0.138. The molecule has 0 aliphatic carbocycles. The summed E-state index contributed by atoms with van der Waals surface area (Å²) in [5.41, 5.74) is 0. The number of amides is 1. The van der Waals surface area contributed by atoms with E-state index in [1.165, 1.54) is 7.05 Å². The number of rotatable bonds is 15. The largest absolute Gasteiger partial charge is 0.394 e. The summed E-state index contributed by atoms with van der Waals surface area (Å²) in [7, 11) is -8.11. The zero-order valence-corrected chi connectivity index (χ0v) is 17.5. The van der Waals surface area contributed by atoms with Crippen LogP contribution in [0.3, 0.4) is 0 Å². The van der Waals surface area contributed by atoms with Crippen molar-refractivity contribution in [1.29, 1.82) is 0 Å². The molecule has 13 heteroatoms. The zero-order valence-electron chi connectivity index (χ0n) is 16.7. The highest BCUT2D eigenvalue weighted by Crippen LogP contribution is 2.98. The summed E-state index contributed by atoms with van der Waals surface area (Å²) in [6, 6.07) is 0. The molecule has 0 heterocycles. The van der Waals surface area contributed by atoms with Gasteiger partial charge in [-0.1, -0.05) is 44.8 Å². The molecule has 4 unspecified atom stereocenters. The number of nitrogens with zero attached hydrogens (tertiary/aromatic N) is 1. The van der Waals surface area contributed by atoms with Crippen LogP contribution in [-0.2, 0) is 4.79 Å². The molecule has 182 valence electrons. The molecule has 0 fully saturated rings. The summed E-state index contributed by atoms with van der Waals surface area (Å²) in [6.45, 7) is -1.13. The minimum absolute atomic E-state index is 0.116. The molecule has 0 aromatic heterocycles. The first-order valence-electron chi connectivity index (χ1n) is 9.46. The minimum Gasteiger partial charge on any atom is -0.394 e. The Morgan fingerprint density at radius 2 is 1.40 bits per heavy atom. The van der Waals surface area contributed by atoms with Gasteiger partial charge in [-0.15, -0.1) is 0 Å². The van der Waals surface area contributed by atoms with Crippen LogP contribution in [-0.4, -0.2) is 81.0 Å². The van der Waals surface area contributed by atoms with Gasteiger partial charge in [0.25, 0.3) is 0 Å². The van der Waals surface area contributed by atoms with E-state index in [2.05, 4.69) is 0 Å². The minimum atomic E-state index is -9.48. The van der Waals surface area contributed by atoms with Crippen LogP contribution >= 0.6 is 10.2 Å². The molecule has 7 nitrogen and oxygen atoms in total. The molecule has 0 aromatic carbocycles. The summed E-state index contributed by atoms with van der Waals surface area (Å²) in [5.74, 6) is -0.350. The van der Waals surface area contributed by atoms with Gasteiger partial charge < -0.3 is 30.4 Å². The van der Waals surface area contributed by atoms with Crippen LogP contribution in [0.5, 0.6) is 0 Å². The van der Waals surface area contributed by atoms with Gasteiger partial charge in [0.2, 0.25) is 5.91 Å². The van der Waals surface area contributed by atoms with Gasteiger partial charge in [0, 0.05) is 20.0 Å². The van der Waals surface area contributed by atoms with Crippen molar-refractivity contribution >= 4 is 16.1 Å². The lowest BCUT2D eigenvalue weighted by Gasteiger charge is -2.36. The quantitative estimate of drug-likeness (QED) is 0.184. The topological polar surface area (TPSA) is 121 Å². The molecule has 30 heavy (non-hydrogen) atoms. The van der Waals surface area contributed by atoms with Crippen molar-refractivity contribution in [3.8, 4) is 0 Å². The standard InChI is InChI=1S/C17H32F5NO6S/c1-23(11-13(25)16(28)17(29)14(26)12-24)15(27)9-7-5-3-2-4-6-8-10-30(18,19,20,21)22/h8,10,13-14,16-17,24-26,28-29H,2-7,9,11-12H2,1H3/b10-8+. The Hall–Kier alpha value is -0.990. The SMILES string of the molecule is CN(CC(O)C(O)C(O)C(O)CO)C(=O)CCCCCCC/C=C/S(F)(F)(F)(F)F. The molecular formula is C17H32F5NO6S. The maximum atomic E-state index is 12.1. The third-order valence-corrected chi connectivity index (χ3v) is 5.03. The maximum absolute atomic E-state index is 12.1. The van der Waals surface area contributed by atoms with E-state index < -0.39 is 46.7 Å². The third kappa shape index (κ3) is 14.1. The van der Waals surface area contributed by atoms with Crippen LogP contribution in [0.2, 0.25) is 0 Å². The first-order valence-corrected chi connectivity index (χ1v) is 11.5. The van der Waals surface area contributed by atoms with E-state index in [0.717, 1.165) is 4.90 Å². The normalized spacial score (nSPS) is 19.0. The average Bonchev–Trinajstić information content (AvgIpc) is 2.62. The van der Waals surface area contributed by atoms with Crippen molar-refractivity contribution in [2.24, 2.45) is 0 Å². The maximum Gasteiger partial charge on any atom is 0.304 e. The third-order valence-electron chi connectivity index (χ3n) is 4.33. The van der Waals surface area contributed by atoms with Gasteiger partial charge in [0.1, 0.15) is 24.4 Å². The molecule has 5 N–H and O–H groups in total. The molecule has 4 atom stereocenters. The van der Waals surface area contributed by atoms with Gasteiger partial charge in [0.05, 0.1) is 12.0 Å². The predicted octanol–water partition coefficient (Wildman–Crippen LogP) is 2.42. The van der Waals surface area contributed by atoms with Gasteiger partial charge in [-0.2, -0.15) is 0 Å². The Bertz CT molecular complexity index is 562. The number of halogens is 5. The zero-order chi connectivity index (χ0) is 23.7. The van der Waals surface area contributed by atoms with Crippen molar-refractivity contribution in [3.05, 3.63) is 11.5 Å². The number of hydrogen-bond acceptors (Lipinski definition) is 6. The van der Waals surface area contributed by atoms with E-state index in [-0.39, 0.29) is 25.3 Å². The summed E-state index contributed by atoms with van der Waals surface area (Å²) >= 11 is 0. The van der Waals surface area contributed by atoms with Crippen LogP contribution in [0.4, 0.5) is 19.4 Å². The number of hydrogen-bond donors (Lipinski definition) is 5. The lowest BCUT2D eigenvalue weighted by Crippen LogP contribution is -2.49. The summed E-state index contributed by atoms with van der Waals surface area (Å²) < 4.78 is 60.3. The Morgan fingerprint density at radius 1 is 0.900 bits per heavy atom.